The van der Waals surface area contributed by atoms with E-state index in [4.69, 9.17) is 17.4 Å². The molecule has 2 aromatic carbocycles. The molecule has 7 nitrogen and oxygen atoms in total. The third-order valence-corrected chi connectivity index (χ3v) is 5.14. The molecule has 2 rings (SSSR count). The number of thiocarbonyl (C=S) groups is 1. The molecule has 9 heteroatoms. The van der Waals surface area contributed by atoms with Crippen molar-refractivity contribution in [2.24, 2.45) is 5.14 Å². The molecule has 0 radical (unpaired) electrons. The fourth-order valence-corrected chi connectivity index (χ4v) is 3.32. The van der Waals surface area contributed by atoms with Gasteiger partial charge < -0.3 is 5.32 Å². The molecule has 0 heterocycles. The zero-order valence-electron chi connectivity index (χ0n) is 15.2. The Bertz CT molecular complexity index is 955. The topological polar surface area (TPSA) is 113 Å². The highest BCUT2D eigenvalue weighted by atomic mass is 32.2. The number of aryl methyl sites for hydroxylation is 1. The third kappa shape index (κ3) is 5.75. The first kappa shape index (κ1) is 20.8. The van der Waals surface area contributed by atoms with Crippen LogP contribution in [0.1, 0.15) is 41.3 Å². The smallest absolute Gasteiger partial charge is 0.269 e. The minimum atomic E-state index is -3.91. The van der Waals surface area contributed by atoms with Crippen molar-refractivity contribution in [3.05, 3.63) is 59.2 Å². The van der Waals surface area contributed by atoms with Crippen LogP contribution in [0.5, 0.6) is 0 Å². The van der Waals surface area contributed by atoms with E-state index in [0.29, 0.717) is 11.5 Å². The summed E-state index contributed by atoms with van der Waals surface area (Å²) in [4.78, 5) is 12.1. The van der Waals surface area contributed by atoms with Gasteiger partial charge in [-0.25, -0.2) is 13.6 Å². The molecule has 0 spiro atoms. The number of primary sulfonamides is 1. The van der Waals surface area contributed by atoms with E-state index in [0.717, 1.165) is 5.69 Å². The molecule has 0 aromatic heterocycles. The minimum Gasteiger partial charge on any atom is -0.331 e. The van der Waals surface area contributed by atoms with Gasteiger partial charge in [-0.05, 0) is 60.5 Å². The van der Waals surface area contributed by atoms with Gasteiger partial charge in [0.1, 0.15) is 0 Å². The first-order chi connectivity index (χ1) is 12.6. The number of hydrazine groups is 1. The van der Waals surface area contributed by atoms with Crippen molar-refractivity contribution in [2.45, 2.75) is 31.6 Å². The van der Waals surface area contributed by atoms with Crippen molar-refractivity contribution < 1.29 is 13.2 Å². The van der Waals surface area contributed by atoms with Gasteiger partial charge in [0.25, 0.3) is 5.91 Å². The largest absolute Gasteiger partial charge is 0.331 e. The number of nitrogens with two attached hydrogens (primary N) is 1. The predicted octanol–water partition coefficient (Wildman–Crippen LogP) is 2.40. The monoisotopic (exact) mass is 406 g/mol. The third-order valence-electron chi connectivity index (χ3n) is 3.88. The summed E-state index contributed by atoms with van der Waals surface area (Å²) in [6.45, 7) is 5.82. The Kier molecular flexibility index (Phi) is 6.53. The number of anilines is 1. The Morgan fingerprint density at radius 1 is 1.07 bits per heavy atom. The molecule has 0 aliphatic heterocycles. The lowest BCUT2D eigenvalue weighted by atomic mass is 10.0. The molecule has 0 aliphatic carbocycles. The molecular formula is C18H22N4O3S2. The summed E-state index contributed by atoms with van der Waals surface area (Å²) in [6.07, 6.45) is 0. The molecule has 0 saturated carbocycles. The lowest BCUT2D eigenvalue weighted by molar-refractivity contribution is 0.0944. The first-order valence-electron chi connectivity index (χ1n) is 8.18. The summed E-state index contributed by atoms with van der Waals surface area (Å²) >= 11 is 5.14. The zero-order valence-corrected chi connectivity index (χ0v) is 16.9. The Labute approximate surface area is 164 Å². The minimum absolute atomic E-state index is 0.0962. The van der Waals surface area contributed by atoms with Crippen molar-refractivity contribution >= 4 is 38.9 Å². The van der Waals surface area contributed by atoms with Gasteiger partial charge in [0.15, 0.2) is 5.11 Å². The Morgan fingerprint density at radius 2 is 1.70 bits per heavy atom. The number of rotatable bonds is 4. The summed E-state index contributed by atoms with van der Waals surface area (Å²) in [5.41, 5.74) is 7.58. The number of hydrogen-bond acceptors (Lipinski definition) is 4. The number of amides is 1. The number of hydrogen-bond donors (Lipinski definition) is 4. The lowest BCUT2D eigenvalue weighted by Crippen LogP contribution is -2.43. The summed E-state index contributed by atoms with van der Waals surface area (Å²) in [5.74, 6) is -0.112. The average molecular weight is 407 g/mol. The number of benzene rings is 2. The predicted molar refractivity (Wildman–Crippen MR) is 110 cm³/mol. The number of nitrogens with one attached hydrogen (secondary N) is 3. The zero-order chi connectivity index (χ0) is 20.2. The molecule has 0 fully saturated rings. The maximum Gasteiger partial charge on any atom is 0.269 e. The number of sulfonamides is 1. The van der Waals surface area contributed by atoms with Gasteiger partial charge >= 0.3 is 0 Å². The normalized spacial score (nSPS) is 11.1. The van der Waals surface area contributed by atoms with Crippen LogP contribution in [0.4, 0.5) is 5.69 Å². The summed E-state index contributed by atoms with van der Waals surface area (Å²) in [5, 5.41) is 8.30. The summed E-state index contributed by atoms with van der Waals surface area (Å²) < 4.78 is 23.1. The van der Waals surface area contributed by atoms with Crippen molar-refractivity contribution in [3.8, 4) is 0 Å². The van der Waals surface area contributed by atoms with Crippen LogP contribution in [-0.2, 0) is 10.0 Å². The molecule has 5 N–H and O–H groups in total. The van der Waals surface area contributed by atoms with Crippen LogP contribution in [0, 0.1) is 6.92 Å². The van der Waals surface area contributed by atoms with Gasteiger partial charge in [0, 0.05) is 11.3 Å². The SMILES string of the molecule is Cc1ccc(C(=O)NNC(=S)Nc2ccc(C(C)C)cc2)cc1S(N)(=O)=O. The van der Waals surface area contributed by atoms with E-state index < -0.39 is 15.9 Å². The molecular weight excluding hydrogens is 384 g/mol. The van der Waals surface area contributed by atoms with E-state index in [9.17, 15) is 13.2 Å². The fraction of sp³-hybridized carbons (Fsp3) is 0.222. The van der Waals surface area contributed by atoms with Crippen LogP contribution >= 0.6 is 12.2 Å². The van der Waals surface area contributed by atoms with Gasteiger partial charge in [-0.2, -0.15) is 0 Å². The van der Waals surface area contributed by atoms with Gasteiger partial charge in [0.2, 0.25) is 10.0 Å². The molecule has 0 unspecified atom stereocenters. The lowest BCUT2D eigenvalue weighted by Gasteiger charge is -2.13. The second-order valence-electron chi connectivity index (χ2n) is 6.34. The highest BCUT2D eigenvalue weighted by molar-refractivity contribution is 7.89. The Hall–Kier alpha value is -2.49. The van der Waals surface area contributed by atoms with Gasteiger partial charge in [-0.3, -0.25) is 15.6 Å². The van der Waals surface area contributed by atoms with Crippen LogP contribution < -0.4 is 21.3 Å². The van der Waals surface area contributed by atoms with E-state index in [-0.39, 0.29) is 15.6 Å². The Balaban J connectivity index is 1.98. The van der Waals surface area contributed by atoms with Gasteiger partial charge in [0.05, 0.1) is 4.90 Å². The highest BCUT2D eigenvalue weighted by Gasteiger charge is 2.15. The highest BCUT2D eigenvalue weighted by Crippen LogP contribution is 2.17. The second kappa shape index (κ2) is 8.47. The average Bonchev–Trinajstić information content (AvgIpc) is 2.59. The molecule has 1 amide bonds. The molecule has 0 atom stereocenters. The summed E-state index contributed by atoms with van der Waals surface area (Å²) in [7, 11) is -3.91. The summed E-state index contributed by atoms with van der Waals surface area (Å²) in [6, 6.07) is 12.0. The molecule has 27 heavy (non-hydrogen) atoms. The number of carbonyl (C=O) groups excluding carboxylic acids is 1. The van der Waals surface area contributed by atoms with Crippen molar-refractivity contribution in [1.29, 1.82) is 0 Å². The second-order valence-corrected chi connectivity index (χ2v) is 8.27. The maximum absolute atomic E-state index is 12.2. The molecule has 0 aliphatic rings. The Morgan fingerprint density at radius 3 is 2.26 bits per heavy atom. The molecule has 144 valence electrons. The van der Waals surface area contributed by atoms with Crippen LogP contribution in [-0.4, -0.2) is 19.4 Å². The standard InChI is InChI=1S/C18H22N4O3S2/c1-11(2)13-6-8-15(9-7-13)20-18(26)22-21-17(23)14-5-4-12(3)16(10-14)27(19,24)25/h4-11H,1-3H3,(H,21,23)(H2,19,24,25)(H2,20,22,26). The fourth-order valence-electron chi connectivity index (χ4n) is 2.35. The van der Waals surface area contributed by atoms with Crippen LogP contribution in [0.3, 0.4) is 0 Å². The molecule has 2 aromatic rings. The van der Waals surface area contributed by atoms with Crippen molar-refractivity contribution in [1.82, 2.24) is 10.9 Å². The molecule has 0 saturated heterocycles. The van der Waals surface area contributed by atoms with Crippen LogP contribution in [0.15, 0.2) is 47.4 Å². The van der Waals surface area contributed by atoms with Crippen LogP contribution in [0.25, 0.3) is 0 Å². The molecule has 0 bridgehead atoms. The van der Waals surface area contributed by atoms with E-state index >= 15 is 0 Å². The van der Waals surface area contributed by atoms with Crippen LogP contribution in [0.2, 0.25) is 0 Å². The van der Waals surface area contributed by atoms with Crippen molar-refractivity contribution in [2.75, 3.05) is 5.32 Å². The van der Waals surface area contributed by atoms with E-state index in [2.05, 4.69) is 30.0 Å². The van der Waals surface area contributed by atoms with Crippen molar-refractivity contribution in [3.63, 3.8) is 0 Å². The van der Waals surface area contributed by atoms with E-state index in [1.165, 1.54) is 23.8 Å². The first-order valence-corrected chi connectivity index (χ1v) is 10.1. The van der Waals surface area contributed by atoms with Gasteiger partial charge in [-0.1, -0.05) is 32.0 Å². The van der Waals surface area contributed by atoms with Gasteiger partial charge in [-0.15, -0.1) is 0 Å². The van der Waals surface area contributed by atoms with E-state index in [1.807, 2.05) is 24.3 Å². The quantitative estimate of drug-likeness (QED) is 0.458. The maximum atomic E-state index is 12.2. The number of carbonyl (C=O) groups is 1. The van der Waals surface area contributed by atoms with E-state index in [1.54, 1.807) is 6.92 Å².